The van der Waals surface area contributed by atoms with Crippen LogP contribution in [-0.4, -0.2) is 70.1 Å². The summed E-state index contributed by atoms with van der Waals surface area (Å²) in [5.74, 6) is 0.650. The highest BCUT2D eigenvalue weighted by Gasteiger charge is 2.44. The van der Waals surface area contributed by atoms with Crippen LogP contribution in [-0.2, 0) is 13.6 Å². The second-order valence-electron chi connectivity index (χ2n) is 10.5. The van der Waals surface area contributed by atoms with Gasteiger partial charge in [0.1, 0.15) is 22.3 Å². The first kappa shape index (κ1) is 23.1. The molecule has 3 aliphatic rings. The zero-order valence-electron chi connectivity index (χ0n) is 21.2. The largest absolute Gasteiger partial charge is 0.372 e. The van der Waals surface area contributed by atoms with Crippen molar-refractivity contribution < 1.29 is 9.90 Å². The molecule has 2 saturated carbocycles. The first-order chi connectivity index (χ1) is 18.0. The zero-order valence-corrected chi connectivity index (χ0v) is 22.0. The Hall–Kier alpha value is -3.02. The van der Waals surface area contributed by atoms with Crippen molar-refractivity contribution in [3.05, 3.63) is 29.2 Å². The summed E-state index contributed by atoms with van der Waals surface area (Å²) in [6.07, 6.45) is 9.56. The van der Waals surface area contributed by atoms with E-state index in [1.54, 1.807) is 12.5 Å². The van der Waals surface area contributed by atoms with Gasteiger partial charge in [-0.3, -0.25) is 9.69 Å². The van der Waals surface area contributed by atoms with E-state index in [0.29, 0.717) is 34.5 Å². The minimum Gasteiger partial charge on any atom is -0.372 e. The molecule has 1 atom stereocenters. The number of carbonyl (C=O) groups excluding carboxylic acids is 1. The van der Waals surface area contributed by atoms with Crippen molar-refractivity contribution >= 4 is 50.3 Å². The first-order valence-corrected chi connectivity index (χ1v) is 14.2. The standard InChI is InChI=1S/C26H32N8O2S/c1-3-33-18(24(35)34(15-6-7-15)16-8-9-16)12-17-21-20(28-14-31(21)2)22(29-23(17)33)30-26-27-13-19(37-26)25(36)32-10-4-5-11-32/h12-16,24,35H,3-11H2,1-2H3,(H,27,29,30). The van der Waals surface area contributed by atoms with Crippen LogP contribution in [0.1, 0.15) is 67.0 Å². The molecule has 1 aliphatic heterocycles. The second-order valence-corrected chi connectivity index (χ2v) is 11.5. The van der Waals surface area contributed by atoms with E-state index in [1.165, 1.54) is 11.3 Å². The molecule has 10 nitrogen and oxygen atoms in total. The Bertz CT molecular complexity index is 1480. The number of aryl methyl sites for hydroxylation is 2. The molecule has 37 heavy (non-hydrogen) atoms. The predicted octanol–water partition coefficient (Wildman–Crippen LogP) is 4.00. The van der Waals surface area contributed by atoms with Gasteiger partial charge in [-0.15, -0.1) is 0 Å². The fraction of sp³-hybridized carbons (Fsp3) is 0.538. The number of hydrogen-bond acceptors (Lipinski definition) is 8. The molecule has 11 heteroatoms. The Balaban J connectivity index is 1.28. The number of aliphatic hydroxyl groups excluding tert-OH is 1. The molecule has 4 aromatic heterocycles. The quantitative estimate of drug-likeness (QED) is 0.339. The maximum Gasteiger partial charge on any atom is 0.265 e. The number of hydrogen-bond donors (Lipinski definition) is 2. The summed E-state index contributed by atoms with van der Waals surface area (Å²) < 4.78 is 4.13. The van der Waals surface area contributed by atoms with Gasteiger partial charge in [-0.05, 0) is 51.5 Å². The van der Waals surface area contributed by atoms with Crippen LogP contribution in [0.3, 0.4) is 0 Å². The Morgan fingerprint density at radius 3 is 2.62 bits per heavy atom. The lowest BCUT2D eigenvalue weighted by Crippen LogP contribution is -2.34. The SMILES string of the molecule is CCn1c(C(O)N(C2CC2)C2CC2)cc2c3c(ncn3C)c(Nc3ncc(C(=O)N4CCCC4)s3)nc21. The van der Waals surface area contributed by atoms with E-state index >= 15 is 0 Å². The van der Waals surface area contributed by atoms with Gasteiger partial charge in [0, 0.05) is 44.2 Å². The maximum absolute atomic E-state index is 12.8. The third-order valence-electron chi connectivity index (χ3n) is 7.87. The van der Waals surface area contributed by atoms with Crippen LogP contribution in [0.2, 0.25) is 0 Å². The molecule has 2 aliphatic carbocycles. The van der Waals surface area contributed by atoms with Crippen molar-refractivity contribution in [3.63, 3.8) is 0 Å². The van der Waals surface area contributed by atoms with Crippen molar-refractivity contribution in [1.82, 2.24) is 33.9 Å². The average molecular weight is 521 g/mol. The number of aromatic nitrogens is 5. The third kappa shape index (κ3) is 3.91. The number of pyridine rings is 1. The summed E-state index contributed by atoms with van der Waals surface area (Å²) in [4.78, 5) is 31.8. The van der Waals surface area contributed by atoms with Gasteiger partial charge >= 0.3 is 0 Å². The summed E-state index contributed by atoms with van der Waals surface area (Å²) in [5, 5.41) is 16.5. The van der Waals surface area contributed by atoms with E-state index in [9.17, 15) is 9.90 Å². The number of aliphatic hydroxyl groups is 1. The molecule has 1 unspecified atom stereocenters. The molecule has 194 valence electrons. The molecule has 0 spiro atoms. The molecule has 1 amide bonds. The van der Waals surface area contributed by atoms with E-state index in [2.05, 4.69) is 37.7 Å². The smallest absolute Gasteiger partial charge is 0.265 e. The number of thiazole rings is 1. The normalized spacial score (nSPS) is 19.0. The van der Waals surface area contributed by atoms with E-state index in [0.717, 1.165) is 79.4 Å². The Morgan fingerprint density at radius 1 is 1.22 bits per heavy atom. The number of nitrogens with one attached hydrogen (secondary N) is 1. The lowest BCUT2D eigenvalue weighted by atomic mass is 10.2. The number of carbonyl (C=O) groups is 1. The van der Waals surface area contributed by atoms with Gasteiger partial charge in [0.05, 0.1) is 23.7 Å². The summed E-state index contributed by atoms with van der Waals surface area (Å²) in [6.45, 7) is 4.41. The number of imidazole rings is 1. The lowest BCUT2D eigenvalue weighted by molar-refractivity contribution is -0.0160. The molecular weight excluding hydrogens is 488 g/mol. The van der Waals surface area contributed by atoms with Crippen LogP contribution >= 0.6 is 11.3 Å². The molecular formula is C26H32N8O2S. The average Bonchev–Trinajstić information content (AvgIpc) is 3.68. The number of rotatable bonds is 8. The van der Waals surface area contributed by atoms with Crippen molar-refractivity contribution in [2.75, 3.05) is 18.4 Å². The van der Waals surface area contributed by atoms with E-state index in [1.807, 2.05) is 16.5 Å². The molecule has 3 fully saturated rings. The van der Waals surface area contributed by atoms with Crippen LogP contribution in [0, 0.1) is 0 Å². The molecule has 0 radical (unpaired) electrons. The molecule has 4 aromatic rings. The Morgan fingerprint density at radius 2 is 1.95 bits per heavy atom. The number of amides is 1. The summed E-state index contributed by atoms with van der Waals surface area (Å²) in [6, 6.07) is 3.06. The van der Waals surface area contributed by atoms with Crippen molar-refractivity contribution in [2.45, 2.75) is 70.3 Å². The fourth-order valence-corrected chi connectivity index (χ4v) is 6.55. The molecule has 2 N–H and O–H groups in total. The Labute approximate surface area is 218 Å². The monoisotopic (exact) mass is 520 g/mol. The minimum atomic E-state index is -0.646. The van der Waals surface area contributed by atoms with Gasteiger partial charge < -0.3 is 24.5 Å². The van der Waals surface area contributed by atoms with Crippen LogP contribution in [0.15, 0.2) is 18.6 Å². The third-order valence-corrected chi connectivity index (χ3v) is 8.77. The molecule has 7 rings (SSSR count). The van der Waals surface area contributed by atoms with Gasteiger partial charge in [0.15, 0.2) is 10.9 Å². The van der Waals surface area contributed by atoms with E-state index < -0.39 is 6.23 Å². The number of anilines is 2. The van der Waals surface area contributed by atoms with Gasteiger partial charge in [0.25, 0.3) is 5.91 Å². The second kappa shape index (κ2) is 8.78. The first-order valence-electron chi connectivity index (χ1n) is 13.3. The van der Waals surface area contributed by atoms with Gasteiger partial charge in [0.2, 0.25) is 0 Å². The van der Waals surface area contributed by atoms with E-state index in [-0.39, 0.29) is 5.91 Å². The Kier molecular flexibility index (Phi) is 5.49. The molecule has 0 aromatic carbocycles. The molecule has 1 saturated heterocycles. The van der Waals surface area contributed by atoms with Crippen LogP contribution < -0.4 is 5.32 Å². The predicted molar refractivity (Wildman–Crippen MR) is 143 cm³/mol. The molecule has 5 heterocycles. The van der Waals surface area contributed by atoms with Crippen molar-refractivity contribution in [1.29, 1.82) is 0 Å². The van der Waals surface area contributed by atoms with Crippen LogP contribution in [0.5, 0.6) is 0 Å². The zero-order chi connectivity index (χ0) is 25.3. The van der Waals surface area contributed by atoms with Gasteiger partial charge in [-0.2, -0.15) is 0 Å². The minimum absolute atomic E-state index is 0.0452. The van der Waals surface area contributed by atoms with Crippen molar-refractivity contribution in [2.24, 2.45) is 7.05 Å². The lowest BCUT2D eigenvalue weighted by Gasteiger charge is -2.28. The highest BCUT2D eigenvalue weighted by atomic mass is 32.1. The topological polar surface area (TPSA) is 104 Å². The number of nitrogens with zero attached hydrogens (tertiary/aromatic N) is 7. The summed E-state index contributed by atoms with van der Waals surface area (Å²) in [7, 11) is 1.98. The summed E-state index contributed by atoms with van der Waals surface area (Å²) in [5.41, 5.74) is 3.40. The highest BCUT2D eigenvalue weighted by Crippen LogP contribution is 2.43. The van der Waals surface area contributed by atoms with Crippen LogP contribution in [0.25, 0.3) is 22.1 Å². The van der Waals surface area contributed by atoms with Crippen molar-refractivity contribution in [3.8, 4) is 0 Å². The number of fused-ring (bicyclic) bond motifs is 3. The van der Waals surface area contributed by atoms with Gasteiger partial charge in [-0.1, -0.05) is 11.3 Å². The maximum atomic E-state index is 12.8. The highest BCUT2D eigenvalue weighted by molar-refractivity contribution is 7.17. The molecule has 0 bridgehead atoms. The van der Waals surface area contributed by atoms with E-state index in [4.69, 9.17) is 4.98 Å². The van der Waals surface area contributed by atoms with Gasteiger partial charge in [-0.25, -0.2) is 15.0 Å². The van der Waals surface area contributed by atoms with Crippen LogP contribution in [0.4, 0.5) is 10.9 Å². The summed E-state index contributed by atoms with van der Waals surface area (Å²) >= 11 is 1.35. The number of likely N-dealkylation sites (tertiary alicyclic amines) is 1. The fourth-order valence-electron chi connectivity index (χ4n) is 5.77.